The van der Waals surface area contributed by atoms with E-state index in [0.29, 0.717) is 12.0 Å². The average molecular weight is 273 g/mol. The van der Waals surface area contributed by atoms with Gasteiger partial charge in [-0.3, -0.25) is 0 Å². The van der Waals surface area contributed by atoms with Crippen LogP contribution in [-0.2, 0) is 0 Å². The van der Waals surface area contributed by atoms with Crippen molar-refractivity contribution in [3.8, 4) is 0 Å². The van der Waals surface area contributed by atoms with Crippen LogP contribution in [0.1, 0.15) is 69.4 Å². The third kappa shape index (κ3) is 4.34. The largest absolute Gasteiger partial charge is 0.314 e. The van der Waals surface area contributed by atoms with E-state index >= 15 is 0 Å². The Labute approximate surface area is 125 Å². The van der Waals surface area contributed by atoms with E-state index in [1.807, 2.05) is 0 Å². The maximum Gasteiger partial charge on any atom is 0.00252 e. The zero-order chi connectivity index (χ0) is 14.4. The Hall–Kier alpha value is -0.820. The van der Waals surface area contributed by atoms with Crippen molar-refractivity contribution in [2.24, 2.45) is 5.92 Å². The van der Waals surface area contributed by atoms with Crippen molar-refractivity contribution >= 4 is 0 Å². The van der Waals surface area contributed by atoms with Gasteiger partial charge in [0.1, 0.15) is 0 Å². The van der Waals surface area contributed by atoms with Crippen LogP contribution in [0.3, 0.4) is 0 Å². The molecule has 1 atom stereocenters. The van der Waals surface area contributed by atoms with E-state index in [1.165, 1.54) is 44.1 Å². The van der Waals surface area contributed by atoms with Crippen LogP contribution in [0.25, 0.3) is 0 Å². The minimum Gasteiger partial charge on any atom is -0.314 e. The van der Waals surface area contributed by atoms with Crippen molar-refractivity contribution in [3.05, 3.63) is 35.4 Å². The first-order valence-electron chi connectivity index (χ1n) is 8.47. The second kappa shape index (κ2) is 7.83. The highest BCUT2D eigenvalue weighted by atomic mass is 14.9. The maximum atomic E-state index is 3.69. The Morgan fingerprint density at radius 3 is 2.30 bits per heavy atom. The molecular formula is C19H31N. The lowest BCUT2D eigenvalue weighted by atomic mass is 9.79. The molecule has 112 valence electrons. The third-order valence-electron chi connectivity index (χ3n) is 4.80. The van der Waals surface area contributed by atoms with Crippen molar-refractivity contribution in [3.63, 3.8) is 0 Å². The Balaban J connectivity index is 2.16. The topological polar surface area (TPSA) is 12.0 Å². The van der Waals surface area contributed by atoms with Crippen LogP contribution in [0.5, 0.6) is 0 Å². The smallest absolute Gasteiger partial charge is 0.00252 e. The molecule has 1 aromatic carbocycles. The van der Waals surface area contributed by atoms with E-state index < -0.39 is 0 Å². The summed E-state index contributed by atoms with van der Waals surface area (Å²) >= 11 is 0. The summed E-state index contributed by atoms with van der Waals surface area (Å²) in [5.41, 5.74) is 3.04. The van der Waals surface area contributed by atoms with E-state index in [4.69, 9.17) is 0 Å². The molecule has 0 heterocycles. The Morgan fingerprint density at radius 2 is 1.70 bits per heavy atom. The van der Waals surface area contributed by atoms with E-state index in [1.54, 1.807) is 5.56 Å². The van der Waals surface area contributed by atoms with Crippen LogP contribution in [0.2, 0.25) is 0 Å². The Kier molecular flexibility index (Phi) is 6.09. The van der Waals surface area contributed by atoms with Crippen molar-refractivity contribution in [1.82, 2.24) is 5.32 Å². The number of nitrogens with one attached hydrogen (secondary N) is 1. The monoisotopic (exact) mass is 273 g/mol. The second-order valence-corrected chi connectivity index (χ2v) is 6.78. The summed E-state index contributed by atoms with van der Waals surface area (Å²) < 4.78 is 0. The molecule has 1 N–H and O–H groups in total. The zero-order valence-electron chi connectivity index (χ0n) is 13.5. The summed E-state index contributed by atoms with van der Waals surface area (Å²) in [4.78, 5) is 0. The lowest BCUT2D eigenvalue weighted by molar-refractivity contribution is 0.352. The molecule has 0 saturated heterocycles. The second-order valence-electron chi connectivity index (χ2n) is 6.78. The van der Waals surface area contributed by atoms with Gasteiger partial charge < -0.3 is 5.32 Å². The molecule has 0 spiro atoms. The van der Waals surface area contributed by atoms with Crippen molar-refractivity contribution in [1.29, 1.82) is 0 Å². The molecule has 2 rings (SSSR count). The minimum absolute atomic E-state index is 0.576. The summed E-state index contributed by atoms with van der Waals surface area (Å²) in [6, 6.07) is 9.58. The minimum atomic E-state index is 0.576. The van der Waals surface area contributed by atoms with Gasteiger partial charge in [0.25, 0.3) is 0 Å². The summed E-state index contributed by atoms with van der Waals surface area (Å²) in [5.74, 6) is 1.56. The van der Waals surface area contributed by atoms with Crippen LogP contribution in [0.15, 0.2) is 24.3 Å². The third-order valence-corrected chi connectivity index (χ3v) is 4.80. The highest BCUT2D eigenvalue weighted by Crippen LogP contribution is 2.36. The molecule has 1 heteroatoms. The normalized spacial score (nSPS) is 19.0. The molecule has 0 amide bonds. The fourth-order valence-corrected chi connectivity index (χ4v) is 3.61. The fraction of sp³-hybridized carbons (Fsp3) is 0.684. The molecule has 0 aliphatic heterocycles. The predicted molar refractivity (Wildman–Crippen MR) is 88.3 cm³/mol. The van der Waals surface area contributed by atoms with Gasteiger partial charge in [0.15, 0.2) is 0 Å². The van der Waals surface area contributed by atoms with E-state index in [0.717, 1.165) is 12.5 Å². The molecule has 1 nitrogen and oxygen atoms in total. The molecule has 0 aromatic heterocycles. The van der Waals surface area contributed by atoms with E-state index in [2.05, 4.69) is 50.4 Å². The van der Waals surface area contributed by atoms with Gasteiger partial charge in [-0.05, 0) is 42.7 Å². The lowest BCUT2D eigenvalue weighted by Gasteiger charge is -2.29. The Bertz CT molecular complexity index is 389. The first-order valence-corrected chi connectivity index (χ1v) is 8.47. The van der Waals surface area contributed by atoms with Crippen molar-refractivity contribution in [2.45, 2.75) is 71.3 Å². The van der Waals surface area contributed by atoms with Crippen LogP contribution < -0.4 is 5.32 Å². The number of aryl methyl sites for hydroxylation is 1. The summed E-state index contributed by atoms with van der Waals surface area (Å²) in [5, 5.41) is 3.69. The molecule has 20 heavy (non-hydrogen) atoms. The molecular weight excluding hydrogens is 242 g/mol. The highest BCUT2D eigenvalue weighted by Gasteiger charge is 2.25. The Morgan fingerprint density at radius 1 is 1.05 bits per heavy atom. The van der Waals surface area contributed by atoms with E-state index in [9.17, 15) is 0 Å². The summed E-state index contributed by atoms with van der Waals surface area (Å²) in [7, 11) is 0. The van der Waals surface area contributed by atoms with Crippen molar-refractivity contribution < 1.29 is 0 Å². The fourth-order valence-electron chi connectivity index (χ4n) is 3.61. The molecule has 1 unspecified atom stereocenters. The van der Waals surface area contributed by atoms with Crippen LogP contribution in [0.4, 0.5) is 0 Å². The van der Waals surface area contributed by atoms with Gasteiger partial charge in [0.05, 0.1) is 0 Å². The molecule has 1 aliphatic carbocycles. The molecule has 0 bridgehead atoms. The molecule has 1 saturated carbocycles. The van der Waals surface area contributed by atoms with Gasteiger partial charge in [-0.2, -0.15) is 0 Å². The molecule has 1 aromatic rings. The van der Waals surface area contributed by atoms with Gasteiger partial charge >= 0.3 is 0 Å². The van der Waals surface area contributed by atoms with Crippen LogP contribution >= 0.6 is 0 Å². The SMILES string of the molecule is Cc1ccccc1C(CNC(C)C)C1CCCCCC1. The molecule has 0 radical (unpaired) electrons. The van der Waals surface area contributed by atoms with Gasteiger partial charge in [0, 0.05) is 12.6 Å². The summed E-state index contributed by atoms with van der Waals surface area (Å²) in [6.45, 7) is 7.91. The van der Waals surface area contributed by atoms with Crippen LogP contribution in [0, 0.1) is 12.8 Å². The van der Waals surface area contributed by atoms with Crippen molar-refractivity contribution in [2.75, 3.05) is 6.54 Å². The number of hydrogen-bond donors (Lipinski definition) is 1. The average Bonchev–Trinajstić information content (AvgIpc) is 2.70. The first-order chi connectivity index (χ1) is 9.68. The van der Waals surface area contributed by atoms with Gasteiger partial charge in [-0.25, -0.2) is 0 Å². The zero-order valence-corrected chi connectivity index (χ0v) is 13.5. The lowest BCUT2D eigenvalue weighted by Crippen LogP contribution is -2.31. The van der Waals surface area contributed by atoms with Gasteiger partial charge in [-0.15, -0.1) is 0 Å². The van der Waals surface area contributed by atoms with Gasteiger partial charge in [0.2, 0.25) is 0 Å². The standard InChI is InChI=1S/C19H31N/c1-15(2)20-14-19(17-11-6-4-5-7-12-17)18-13-9-8-10-16(18)3/h8-10,13,15,17,19-20H,4-7,11-12,14H2,1-3H3. The maximum absolute atomic E-state index is 3.69. The first kappa shape index (κ1) is 15.6. The summed E-state index contributed by atoms with van der Waals surface area (Å²) in [6.07, 6.45) is 8.56. The highest BCUT2D eigenvalue weighted by molar-refractivity contribution is 5.30. The molecule has 1 fully saturated rings. The number of benzene rings is 1. The predicted octanol–water partition coefficient (Wildman–Crippen LogP) is 5.05. The van der Waals surface area contributed by atoms with Crippen LogP contribution in [-0.4, -0.2) is 12.6 Å². The van der Waals surface area contributed by atoms with E-state index in [-0.39, 0.29) is 0 Å². The quantitative estimate of drug-likeness (QED) is 0.740. The number of hydrogen-bond acceptors (Lipinski definition) is 1. The molecule has 1 aliphatic rings. The van der Waals surface area contributed by atoms with Gasteiger partial charge in [-0.1, -0.05) is 63.8 Å². The number of rotatable bonds is 5.